The summed E-state index contributed by atoms with van der Waals surface area (Å²) >= 11 is 0. The summed E-state index contributed by atoms with van der Waals surface area (Å²) in [6, 6.07) is 12.6. The fourth-order valence-electron chi connectivity index (χ4n) is 2.36. The van der Waals surface area contributed by atoms with Crippen molar-refractivity contribution in [3.05, 3.63) is 47.8 Å². The molecule has 0 aliphatic heterocycles. The van der Waals surface area contributed by atoms with E-state index < -0.39 is 0 Å². The Morgan fingerprint density at radius 2 is 1.86 bits per heavy atom. The Balaban J connectivity index is 1.53. The second-order valence-electron chi connectivity index (χ2n) is 5.54. The number of hydrogen-bond donors (Lipinski definition) is 2. The van der Waals surface area contributed by atoms with E-state index in [9.17, 15) is 0 Å². The van der Waals surface area contributed by atoms with Crippen LogP contribution in [0.25, 0.3) is 0 Å². The molecule has 1 aliphatic rings. The van der Waals surface area contributed by atoms with Crippen molar-refractivity contribution in [3.8, 4) is 0 Å². The molecule has 21 heavy (non-hydrogen) atoms. The van der Waals surface area contributed by atoms with Crippen molar-refractivity contribution >= 4 is 11.6 Å². The molecule has 0 unspecified atom stereocenters. The van der Waals surface area contributed by atoms with Gasteiger partial charge in [0.25, 0.3) is 0 Å². The van der Waals surface area contributed by atoms with E-state index >= 15 is 0 Å². The zero-order valence-electron chi connectivity index (χ0n) is 12.5. The topological polar surface area (TPSA) is 49.8 Å². The second-order valence-corrected chi connectivity index (χ2v) is 5.54. The average molecular weight is 282 g/mol. The lowest BCUT2D eigenvalue weighted by Crippen LogP contribution is -2.08. The lowest BCUT2D eigenvalue weighted by Gasteiger charge is -2.09. The first-order valence-corrected chi connectivity index (χ1v) is 7.69. The maximum Gasteiger partial charge on any atom is 0.136 e. The number of hydrogen-bond acceptors (Lipinski definition) is 4. The van der Waals surface area contributed by atoms with Crippen molar-refractivity contribution in [2.75, 3.05) is 24.2 Å². The van der Waals surface area contributed by atoms with Gasteiger partial charge in [-0.3, -0.25) is 0 Å². The Morgan fingerprint density at radius 3 is 2.57 bits per heavy atom. The highest BCUT2D eigenvalue weighted by molar-refractivity contribution is 5.47. The monoisotopic (exact) mass is 282 g/mol. The van der Waals surface area contributed by atoms with Gasteiger partial charge in [0.05, 0.1) is 0 Å². The van der Waals surface area contributed by atoms with Crippen LogP contribution >= 0.6 is 0 Å². The van der Waals surface area contributed by atoms with E-state index in [1.54, 1.807) is 0 Å². The molecule has 110 valence electrons. The SMILES string of the molecule is CNc1cc(NCCCc2ccccc2)nc(C2CC2)n1. The molecule has 1 fully saturated rings. The van der Waals surface area contributed by atoms with Gasteiger partial charge in [0.1, 0.15) is 17.5 Å². The van der Waals surface area contributed by atoms with E-state index in [1.807, 2.05) is 13.1 Å². The number of benzene rings is 1. The highest BCUT2D eigenvalue weighted by Gasteiger charge is 2.27. The molecule has 0 spiro atoms. The predicted molar refractivity (Wildman–Crippen MR) is 86.8 cm³/mol. The quantitative estimate of drug-likeness (QED) is 0.764. The van der Waals surface area contributed by atoms with Gasteiger partial charge in [0, 0.05) is 25.6 Å². The van der Waals surface area contributed by atoms with Crippen LogP contribution in [0.3, 0.4) is 0 Å². The zero-order valence-corrected chi connectivity index (χ0v) is 12.5. The molecule has 0 atom stereocenters. The van der Waals surface area contributed by atoms with Crippen molar-refractivity contribution in [2.24, 2.45) is 0 Å². The molecule has 4 heteroatoms. The fourth-order valence-corrected chi connectivity index (χ4v) is 2.36. The molecule has 0 amide bonds. The summed E-state index contributed by atoms with van der Waals surface area (Å²) in [6.07, 6.45) is 4.64. The Labute approximate surface area is 126 Å². The van der Waals surface area contributed by atoms with E-state index in [2.05, 4.69) is 50.9 Å². The normalized spacial score (nSPS) is 14.0. The van der Waals surface area contributed by atoms with Crippen LogP contribution in [0, 0.1) is 0 Å². The maximum atomic E-state index is 4.63. The third-order valence-electron chi connectivity index (χ3n) is 3.73. The molecular weight excluding hydrogens is 260 g/mol. The maximum absolute atomic E-state index is 4.63. The number of rotatable bonds is 7. The lowest BCUT2D eigenvalue weighted by molar-refractivity contribution is 0.851. The lowest BCUT2D eigenvalue weighted by atomic mass is 10.1. The minimum Gasteiger partial charge on any atom is -0.373 e. The van der Waals surface area contributed by atoms with Gasteiger partial charge in [-0.25, -0.2) is 9.97 Å². The number of nitrogens with zero attached hydrogens (tertiary/aromatic N) is 2. The van der Waals surface area contributed by atoms with Gasteiger partial charge in [-0.2, -0.15) is 0 Å². The molecule has 2 N–H and O–H groups in total. The van der Waals surface area contributed by atoms with Gasteiger partial charge in [-0.1, -0.05) is 30.3 Å². The first-order chi connectivity index (χ1) is 10.3. The molecule has 1 aromatic carbocycles. The van der Waals surface area contributed by atoms with Crippen molar-refractivity contribution < 1.29 is 0 Å². The number of nitrogens with one attached hydrogen (secondary N) is 2. The van der Waals surface area contributed by atoms with Crippen LogP contribution in [0.2, 0.25) is 0 Å². The van der Waals surface area contributed by atoms with Gasteiger partial charge in [0.2, 0.25) is 0 Å². The first-order valence-electron chi connectivity index (χ1n) is 7.69. The van der Waals surface area contributed by atoms with Gasteiger partial charge >= 0.3 is 0 Å². The summed E-state index contributed by atoms with van der Waals surface area (Å²) in [4.78, 5) is 9.15. The van der Waals surface area contributed by atoms with Crippen LogP contribution in [0.15, 0.2) is 36.4 Å². The summed E-state index contributed by atoms with van der Waals surface area (Å²) in [5.74, 6) is 3.39. The van der Waals surface area contributed by atoms with E-state index in [1.165, 1.54) is 18.4 Å². The second kappa shape index (κ2) is 6.57. The standard InChI is InChI=1S/C17H22N4/c1-18-15-12-16(21-17(20-15)14-9-10-14)19-11-5-8-13-6-3-2-4-7-13/h2-4,6-7,12,14H,5,8-11H2,1H3,(H2,18,19,20,21). The molecule has 0 bridgehead atoms. The minimum atomic E-state index is 0.572. The molecule has 0 saturated heterocycles. The summed E-state index contributed by atoms with van der Waals surface area (Å²) in [6.45, 7) is 0.930. The van der Waals surface area contributed by atoms with E-state index in [4.69, 9.17) is 0 Å². The number of aromatic nitrogens is 2. The zero-order chi connectivity index (χ0) is 14.5. The van der Waals surface area contributed by atoms with Crippen LogP contribution in [0.4, 0.5) is 11.6 Å². The summed E-state index contributed by atoms with van der Waals surface area (Å²) in [7, 11) is 1.90. The van der Waals surface area contributed by atoms with Gasteiger partial charge in [0.15, 0.2) is 0 Å². The van der Waals surface area contributed by atoms with Crippen LogP contribution in [0.1, 0.15) is 36.6 Å². The summed E-state index contributed by atoms with van der Waals surface area (Å²) in [5, 5.41) is 6.54. The van der Waals surface area contributed by atoms with Crippen molar-refractivity contribution in [1.82, 2.24) is 9.97 Å². The highest BCUT2D eigenvalue weighted by atomic mass is 15.1. The highest BCUT2D eigenvalue weighted by Crippen LogP contribution is 2.38. The third kappa shape index (κ3) is 3.94. The molecule has 1 heterocycles. The smallest absolute Gasteiger partial charge is 0.136 e. The Morgan fingerprint density at radius 1 is 1.10 bits per heavy atom. The first kappa shape index (κ1) is 13.9. The van der Waals surface area contributed by atoms with E-state index in [0.29, 0.717) is 5.92 Å². The van der Waals surface area contributed by atoms with Crippen molar-refractivity contribution in [2.45, 2.75) is 31.6 Å². The third-order valence-corrected chi connectivity index (χ3v) is 3.73. The molecule has 3 rings (SSSR count). The van der Waals surface area contributed by atoms with Crippen LogP contribution in [0.5, 0.6) is 0 Å². The molecule has 1 aromatic heterocycles. The van der Waals surface area contributed by atoms with Crippen molar-refractivity contribution in [1.29, 1.82) is 0 Å². The van der Waals surface area contributed by atoms with Crippen LogP contribution < -0.4 is 10.6 Å². The average Bonchev–Trinajstić information content (AvgIpc) is 3.37. The molecule has 0 radical (unpaired) electrons. The fraction of sp³-hybridized carbons (Fsp3) is 0.412. The van der Waals surface area contributed by atoms with Gasteiger partial charge in [-0.05, 0) is 31.2 Å². The van der Waals surface area contributed by atoms with Crippen LogP contribution in [-0.4, -0.2) is 23.6 Å². The predicted octanol–water partition coefficient (Wildman–Crippen LogP) is 3.44. The number of aryl methyl sites for hydroxylation is 1. The van der Waals surface area contributed by atoms with Gasteiger partial charge in [-0.15, -0.1) is 0 Å². The summed E-state index contributed by atoms with van der Waals surface area (Å²) < 4.78 is 0. The Kier molecular flexibility index (Phi) is 4.34. The Hall–Kier alpha value is -2.10. The van der Waals surface area contributed by atoms with Crippen LogP contribution in [-0.2, 0) is 6.42 Å². The Bertz CT molecular complexity index is 579. The minimum absolute atomic E-state index is 0.572. The summed E-state index contributed by atoms with van der Waals surface area (Å²) in [5.41, 5.74) is 1.39. The van der Waals surface area contributed by atoms with Gasteiger partial charge < -0.3 is 10.6 Å². The van der Waals surface area contributed by atoms with Crippen molar-refractivity contribution in [3.63, 3.8) is 0 Å². The van der Waals surface area contributed by atoms with E-state index in [-0.39, 0.29) is 0 Å². The molecule has 1 aliphatic carbocycles. The molecule has 1 saturated carbocycles. The molecule has 2 aromatic rings. The molecular formula is C17H22N4. The largest absolute Gasteiger partial charge is 0.373 e. The molecule has 4 nitrogen and oxygen atoms in total. The number of anilines is 2. The van der Waals surface area contributed by atoms with E-state index in [0.717, 1.165) is 36.8 Å².